The van der Waals surface area contributed by atoms with E-state index < -0.39 is 0 Å². The highest BCUT2D eigenvalue weighted by Crippen LogP contribution is 2.26. The van der Waals surface area contributed by atoms with Crippen molar-refractivity contribution >= 4 is 32.6 Å². The van der Waals surface area contributed by atoms with Crippen LogP contribution in [0.15, 0.2) is 42.5 Å². The molecule has 0 aliphatic carbocycles. The molecular weight excluding hydrogens is 275 g/mol. The Morgan fingerprint density at radius 3 is 2.90 bits per heavy atom. The number of thiazole rings is 1. The summed E-state index contributed by atoms with van der Waals surface area (Å²) in [5.74, 6) is -0.522. The van der Waals surface area contributed by atoms with Gasteiger partial charge in [-0.05, 0) is 37.3 Å². The fraction of sp³-hybridized carbons (Fsp3) is 0.0667. The van der Waals surface area contributed by atoms with Crippen LogP contribution in [0.25, 0.3) is 10.2 Å². The molecule has 1 heterocycles. The Labute approximate surface area is 119 Å². The first-order chi connectivity index (χ1) is 9.61. The fourth-order valence-corrected chi connectivity index (χ4v) is 2.79. The van der Waals surface area contributed by atoms with Crippen molar-refractivity contribution in [3.8, 4) is 0 Å². The van der Waals surface area contributed by atoms with Crippen LogP contribution in [0.1, 0.15) is 15.9 Å². The summed E-state index contributed by atoms with van der Waals surface area (Å²) in [4.78, 5) is 16.4. The van der Waals surface area contributed by atoms with Gasteiger partial charge in [0.15, 0.2) is 5.13 Å². The van der Waals surface area contributed by atoms with Gasteiger partial charge in [-0.2, -0.15) is 0 Å². The SMILES string of the molecule is Cc1cccc(C(=O)Nc2nc3ccc(F)cc3s2)c1. The van der Waals surface area contributed by atoms with Gasteiger partial charge in [0, 0.05) is 5.56 Å². The molecule has 0 saturated heterocycles. The second kappa shape index (κ2) is 5.02. The van der Waals surface area contributed by atoms with E-state index in [4.69, 9.17) is 0 Å². The lowest BCUT2D eigenvalue weighted by Crippen LogP contribution is -2.11. The molecule has 5 heteroatoms. The zero-order chi connectivity index (χ0) is 14.1. The van der Waals surface area contributed by atoms with Gasteiger partial charge in [-0.3, -0.25) is 10.1 Å². The van der Waals surface area contributed by atoms with E-state index in [-0.39, 0.29) is 11.7 Å². The summed E-state index contributed by atoms with van der Waals surface area (Å²) in [5, 5.41) is 3.21. The number of halogens is 1. The van der Waals surface area contributed by atoms with Gasteiger partial charge in [0.25, 0.3) is 5.91 Å². The molecule has 0 fully saturated rings. The predicted molar refractivity (Wildman–Crippen MR) is 78.7 cm³/mol. The normalized spacial score (nSPS) is 10.7. The predicted octanol–water partition coefficient (Wildman–Crippen LogP) is 4.00. The fourth-order valence-electron chi connectivity index (χ4n) is 1.91. The number of fused-ring (bicyclic) bond motifs is 1. The molecule has 0 atom stereocenters. The lowest BCUT2D eigenvalue weighted by molar-refractivity contribution is 0.102. The van der Waals surface area contributed by atoms with Crippen LogP contribution in [0, 0.1) is 12.7 Å². The molecule has 0 aliphatic heterocycles. The molecule has 2 aromatic carbocycles. The van der Waals surface area contributed by atoms with Crippen LogP contribution >= 0.6 is 11.3 Å². The van der Waals surface area contributed by atoms with Crippen molar-refractivity contribution in [2.24, 2.45) is 0 Å². The molecule has 3 rings (SSSR count). The average Bonchev–Trinajstić information content (AvgIpc) is 2.80. The van der Waals surface area contributed by atoms with Gasteiger partial charge in [0.05, 0.1) is 10.2 Å². The maximum absolute atomic E-state index is 13.1. The first-order valence-electron chi connectivity index (χ1n) is 6.06. The van der Waals surface area contributed by atoms with E-state index in [9.17, 15) is 9.18 Å². The molecule has 3 nitrogen and oxygen atoms in total. The minimum Gasteiger partial charge on any atom is -0.298 e. The Hall–Kier alpha value is -2.27. The van der Waals surface area contributed by atoms with Crippen LogP contribution in [0.3, 0.4) is 0 Å². The van der Waals surface area contributed by atoms with Crippen molar-refractivity contribution in [1.82, 2.24) is 4.98 Å². The minimum atomic E-state index is -0.308. The molecule has 0 bridgehead atoms. The van der Waals surface area contributed by atoms with Gasteiger partial charge in [-0.25, -0.2) is 9.37 Å². The molecule has 3 aromatic rings. The van der Waals surface area contributed by atoms with Crippen molar-refractivity contribution in [2.45, 2.75) is 6.92 Å². The number of amides is 1. The van der Waals surface area contributed by atoms with Crippen LogP contribution in [0.4, 0.5) is 9.52 Å². The monoisotopic (exact) mass is 286 g/mol. The van der Waals surface area contributed by atoms with Crippen molar-refractivity contribution in [1.29, 1.82) is 0 Å². The summed E-state index contributed by atoms with van der Waals surface area (Å²) in [6.45, 7) is 1.93. The van der Waals surface area contributed by atoms with Crippen LogP contribution in [-0.4, -0.2) is 10.9 Å². The topological polar surface area (TPSA) is 42.0 Å². The summed E-state index contributed by atoms with van der Waals surface area (Å²) in [7, 11) is 0. The van der Waals surface area contributed by atoms with Gasteiger partial charge in [0.2, 0.25) is 0 Å². The second-order valence-electron chi connectivity index (χ2n) is 4.45. The number of anilines is 1. The van der Waals surface area contributed by atoms with Gasteiger partial charge < -0.3 is 0 Å². The summed E-state index contributed by atoms with van der Waals surface area (Å²) in [6, 6.07) is 11.7. The van der Waals surface area contributed by atoms with Crippen molar-refractivity contribution in [3.05, 3.63) is 59.4 Å². The molecule has 20 heavy (non-hydrogen) atoms. The molecule has 0 saturated carbocycles. The zero-order valence-electron chi connectivity index (χ0n) is 10.7. The Kier molecular flexibility index (Phi) is 3.20. The number of benzene rings is 2. The average molecular weight is 286 g/mol. The van der Waals surface area contributed by atoms with Gasteiger partial charge >= 0.3 is 0 Å². The number of rotatable bonds is 2. The van der Waals surface area contributed by atoms with E-state index in [1.54, 1.807) is 12.1 Å². The number of carbonyl (C=O) groups excluding carboxylic acids is 1. The van der Waals surface area contributed by atoms with Crippen molar-refractivity contribution in [2.75, 3.05) is 5.32 Å². The molecule has 1 aromatic heterocycles. The van der Waals surface area contributed by atoms with Gasteiger partial charge in [0.1, 0.15) is 5.82 Å². The number of hydrogen-bond acceptors (Lipinski definition) is 3. The highest BCUT2D eigenvalue weighted by atomic mass is 32.1. The minimum absolute atomic E-state index is 0.215. The molecular formula is C15H11FN2OS. The maximum Gasteiger partial charge on any atom is 0.257 e. The summed E-state index contributed by atoms with van der Waals surface area (Å²) >= 11 is 1.26. The van der Waals surface area contributed by atoms with Crippen LogP contribution in [0.5, 0.6) is 0 Å². The molecule has 0 radical (unpaired) electrons. The van der Waals surface area contributed by atoms with Gasteiger partial charge in [-0.15, -0.1) is 0 Å². The smallest absolute Gasteiger partial charge is 0.257 e. The zero-order valence-corrected chi connectivity index (χ0v) is 11.5. The number of nitrogens with one attached hydrogen (secondary N) is 1. The number of hydrogen-bond donors (Lipinski definition) is 1. The number of aromatic nitrogens is 1. The highest BCUT2D eigenvalue weighted by molar-refractivity contribution is 7.22. The molecule has 0 spiro atoms. The third kappa shape index (κ3) is 2.53. The molecule has 1 amide bonds. The summed E-state index contributed by atoms with van der Waals surface area (Å²) < 4.78 is 13.8. The third-order valence-electron chi connectivity index (χ3n) is 2.85. The maximum atomic E-state index is 13.1. The standard InChI is InChI=1S/C15H11FN2OS/c1-9-3-2-4-10(7-9)14(19)18-15-17-12-6-5-11(16)8-13(12)20-15/h2-8H,1H3,(H,17,18,19). The number of aryl methyl sites for hydroxylation is 1. The molecule has 0 unspecified atom stereocenters. The largest absolute Gasteiger partial charge is 0.298 e. The molecule has 100 valence electrons. The Bertz CT molecular complexity index is 797. The Morgan fingerprint density at radius 2 is 2.10 bits per heavy atom. The third-order valence-corrected chi connectivity index (χ3v) is 3.78. The molecule has 1 N–H and O–H groups in total. The number of carbonyl (C=O) groups is 1. The van der Waals surface area contributed by atoms with E-state index in [1.165, 1.54) is 23.5 Å². The van der Waals surface area contributed by atoms with Crippen molar-refractivity contribution in [3.63, 3.8) is 0 Å². The van der Waals surface area contributed by atoms with E-state index >= 15 is 0 Å². The first-order valence-corrected chi connectivity index (χ1v) is 6.87. The Morgan fingerprint density at radius 1 is 1.25 bits per heavy atom. The lowest BCUT2D eigenvalue weighted by Gasteiger charge is -2.02. The van der Waals surface area contributed by atoms with E-state index in [2.05, 4.69) is 10.3 Å². The van der Waals surface area contributed by atoms with Crippen molar-refractivity contribution < 1.29 is 9.18 Å². The van der Waals surface area contributed by atoms with E-state index in [1.807, 2.05) is 25.1 Å². The van der Waals surface area contributed by atoms with Crippen LogP contribution in [-0.2, 0) is 0 Å². The summed E-state index contributed by atoms with van der Waals surface area (Å²) in [5.41, 5.74) is 2.27. The molecule has 0 aliphatic rings. The van der Waals surface area contributed by atoms with Gasteiger partial charge in [-0.1, -0.05) is 29.0 Å². The lowest BCUT2D eigenvalue weighted by atomic mass is 10.1. The summed E-state index contributed by atoms with van der Waals surface area (Å²) in [6.07, 6.45) is 0. The van der Waals surface area contributed by atoms with E-state index in [0.717, 1.165) is 5.56 Å². The van der Waals surface area contributed by atoms with E-state index in [0.29, 0.717) is 20.9 Å². The number of nitrogens with zero attached hydrogens (tertiary/aromatic N) is 1. The quantitative estimate of drug-likeness (QED) is 0.773. The Balaban J connectivity index is 1.87. The second-order valence-corrected chi connectivity index (χ2v) is 5.49. The first kappa shape index (κ1) is 12.7. The van der Waals surface area contributed by atoms with Crippen LogP contribution in [0.2, 0.25) is 0 Å². The highest BCUT2D eigenvalue weighted by Gasteiger charge is 2.10. The van der Waals surface area contributed by atoms with Crippen LogP contribution < -0.4 is 5.32 Å².